The Morgan fingerprint density at radius 1 is 0.861 bits per heavy atom. The molecule has 0 aromatic heterocycles. The van der Waals surface area contributed by atoms with Crippen molar-refractivity contribution >= 4 is 11.8 Å². The van der Waals surface area contributed by atoms with Crippen LogP contribution in [0.3, 0.4) is 0 Å². The maximum absolute atomic E-state index is 13.6. The van der Waals surface area contributed by atoms with Gasteiger partial charge in [0, 0.05) is 19.0 Å². The third-order valence-corrected chi connectivity index (χ3v) is 5.86. The molecule has 0 saturated carbocycles. The van der Waals surface area contributed by atoms with Gasteiger partial charge in [0.05, 0.1) is 0 Å². The Labute approximate surface area is 213 Å². The van der Waals surface area contributed by atoms with Crippen LogP contribution in [-0.4, -0.2) is 35.4 Å². The van der Waals surface area contributed by atoms with E-state index in [-0.39, 0.29) is 42.7 Å². The van der Waals surface area contributed by atoms with E-state index >= 15 is 0 Å². The van der Waals surface area contributed by atoms with Crippen LogP contribution >= 0.6 is 0 Å². The lowest BCUT2D eigenvalue weighted by molar-refractivity contribution is -0.143. The van der Waals surface area contributed by atoms with Gasteiger partial charge in [-0.15, -0.1) is 0 Å². The second kappa shape index (κ2) is 12.9. The van der Waals surface area contributed by atoms with Crippen molar-refractivity contribution in [2.45, 2.75) is 58.7 Å². The Hall–Kier alpha value is -3.67. The van der Waals surface area contributed by atoms with E-state index in [1.807, 2.05) is 68.4 Å². The second-order valence-electron chi connectivity index (χ2n) is 9.50. The molecule has 0 aliphatic rings. The first-order valence-corrected chi connectivity index (χ1v) is 12.3. The molecule has 1 N–H and O–H groups in total. The highest BCUT2D eigenvalue weighted by Gasteiger charge is 2.31. The number of para-hydroxylation sites is 1. The first kappa shape index (κ1) is 26.9. The monoisotopic (exact) mass is 490 g/mol. The van der Waals surface area contributed by atoms with Crippen LogP contribution in [0.25, 0.3) is 0 Å². The molecule has 5 nitrogen and oxygen atoms in total. The minimum absolute atomic E-state index is 0.0901. The molecule has 3 aromatic carbocycles. The maximum atomic E-state index is 13.6. The molecule has 0 bridgehead atoms. The lowest BCUT2D eigenvalue weighted by Gasteiger charge is -2.32. The van der Waals surface area contributed by atoms with Gasteiger partial charge in [0.25, 0.3) is 5.91 Å². The van der Waals surface area contributed by atoms with E-state index in [1.54, 1.807) is 12.1 Å². The lowest BCUT2D eigenvalue weighted by atomic mass is 10.0. The Kier molecular flexibility index (Phi) is 9.62. The quantitative estimate of drug-likeness (QED) is 0.387. The SMILES string of the molecule is CC(C)NC(=O)[C@@H](Cc1ccccc1)N(Cc1ccc(F)cc1)C(=O)COc1ccccc1C(C)C. The smallest absolute Gasteiger partial charge is 0.261 e. The van der Waals surface area contributed by atoms with E-state index in [0.717, 1.165) is 16.7 Å². The Morgan fingerprint density at radius 3 is 2.14 bits per heavy atom. The fraction of sp³-hybridized carbons (Fsp3) is 0.333. The van der Waals surface area contributed by atoms with Crippen LogP contribution in [0.5, 0.6) is 5.75 Å². The van der Waals surface area contributed by atoms with Crippen LogP contribution in [0.15, 0.2) is 78.9 Å². The number of nitrogens with one attached hydrogen (secondary N) is 1. The van der Waals surface area contributed by atoms with Gasteiger partial charge in [-0.05, 0) is 54.7 Å². The average molecular weight is 491 g/mol. The minimum atomic E-state index is -0.767. The van der Waals surface area contributed by atoms with Crippen molar-refractivity contribution in [3.63, 3.8) is 0 Å². The third-order valence-electron chi connectivity index (χ3n) is 5.86. The normalized spacial score (nSPS) is 11.9. The summed E-state index contributed by atoms with van der Waals surface area (Å²) >= 11 is 0. The Bertz CT molecular complexity index is 1130. The second-order valence-corrected chi connectivity index (χ2v) is 9.50. The number of amides is 2. The van der Waals surface area contributed by atoms with Gasteiger partial charge in [0.2, 0.25) is 5.91 Å². The molecule has 1 atom stereocenters. The zero-order valence-corrected chi connectivity index (χ0v) is 21.4. The van der Waals surface area contributed by atoms with Gasteiger partial charge in [0.1, 0.15) is 17.6 Å². The number of ether oxygens (including phenoxy) is 1. The van der Waals surface area contributed by atoms with Crippen molar-refractivity contribution < 1.29 is 18.7 Å². The lowest BCUT2D eigenvalue weighted by Crippen LogP contribution is -2.52. The zero-order chi connectivity index (χ0) is 26.1. The van der Waals surface area contributed by atoms with E-state index in [1.165, 1.54) is 17.0 Å². The zero-order valence-electron chi connectivity index (χ0n) is 21.4. The third kappa shape index (κ3) is 7.67. The predicted molar refractivity (Wildman–Crippen MR) is 140 cm³/mol. The molecule has 2 amide bonds. The van der Waals surface area contributed by atoms with Crippen LogP contribution in [0.1, 0.15) is 50.3 Å². The summed E-state index contributed by atoms with van der Waals surface area (Å²) in [5.41, 5.74) is 2.67. The van der Waals surface area contributed by atoms with Crippen molar-refractivity contribution in [1.82, 2.24) is 10.2 Å². The van der Waals surface area contributed by atoms with Crippen molar-refractivity contribution in [3.8, 4) is 5.75 Å². The maximum Gasteiger partial charge on any atom is 0.261 e. The molecular weight excluding hydrogens is 455 g/mol. The molecule has 0 fully saturated rings. The van der Waals surface area contributed by atoms with Crippen molar-refractivity contribution in [2.75, 3.05) is 6.61 Å². The van der Waals surface area contributed by atoms with E-state index < -0.39 is 6.04 Å². The summed E-state index contributed by atoms with van der Waals surface area (Å²) in [6, 6.07) is 22.4. The summed E-state index contributed by atoms with van der Waals surface area (Å²) in [4.78, 5) is 28.5. The number of carbonyl (C=O) groups is 2. The molecule has 0 radical (unpaired) electrons. The molecule has 0 heterocycles. The fourth-order valence-corrected chi connectivity index (χ4v) is 4.03. The van der Waals surface area contributed by atoms with Gasteiger partial charge in [-0.3, -0.25) is 9.59 Å². The van der Waals surface area contributed by atoms with Crippen molar-refractivity contribution in [3.05, 3.63) is 101 Å². The molecular formula is C30H35FN2O3. The van der Waals surface area contributed by atoms with Crippen molar-refractivity contribution in [1.29, 1.82) is 0 Å². The number of nitrogens with zero attached hydrogens (tertiary/aromatic N) is 1. The number of hydrogen-bond donors (Lipinski definition) is 1. The fourth-order valence-electron chi connectivity index (χ4n) is 4.03. The van der Waals surface area contributed by atoms with Crippen LogP contribution in [0.2, 0.25) is 0 Å². The van der Waals surface area contributed by atoms with Crippen LogP contribution < -0.4 is 10.1 Å². The highest BCUT2D eigenvalue weighted by Crippen LogP contribution is 2.26. The molecule has 36 heavy (non-hydrogen) atoms. The Morgan fingerprint density at radius 2 is 1.50 bits per heavy atom. The topological polar surface area (TPSA) is 58.6 Å². The molecule has 3 rings (SSSR count). The summed E-state index contributed by atoms with van der Waals surface area (Å²) in [7, 11) is 0. The largest absolute Gasteiger partial charge is 0.483 e. The summed E-state index contributed by atoms with van der Waals surface area (Å²) in [5, 5.41) is 2.96. The van der Waals surface area contributed by atoms with Crippen LogP contribution in [-0.2, 0) is 22.6 Å². The minimum Gasteiger partial charge on any atom is -0.483 e. The van der Waals surface area contributed by atoms with Gasteiger partial charge < -0.3 is 15.0 Å². The van der Waals surface area contributed by atoms with Crippen LogP contribution in [0, 0.1) is 5.82 Å². The number of carbonyl (C=O) groups excluding carboxylic acids is 2. The molecule has 6 heteroatoms. The van der Waals surface area contributed by atoms with E-state index in [2.05, 4.69) is 19.2 Å². The number of benzene rings is 3. The average Bonchev–Trinajstić information content (AvgIpc) is 2.86. The Balaban J connectivity index is 1.92. The standard InChI is InChI=1S/C30H35FN2O3/c1-21(2)26-12-8-9-13-28(26)36-20-29(34)33(19-24-14-16-25(31)17-15-24)27(30(35)32-22(3)4)18-23-10-6-5-7-11-23/h5-17,21-22,27H,18-20H2,1-4H3,(H,32,35)/t27-/m1/s1. The van der Waals surface area contributed by atoms with Crippen LogP contribution in [0.4, 0.5) is 4.39 Å². The summed E-state index contributed by atoms with van der Waals surface area (Å²) in [5.74, 6) is -0.0450. The van der Waals surface area contributed by atoms with Gasteiger partial charge in [0.15, 0.2) is 6.61 Å². The van der Waals surface area contributed by atoms with E-state index in [9.17, 15) is 14.0 Å². The number of hydrogen-bond acceptors (Lipinski definition) is 3. The first-order valence-electron chi connectivity index (χ1n) is 12.3. The molecule has 0 unspecified atom stereocenters. The molecule has 0 spiro atoms. The van der Waals surface area contributed by atoms with Gasteiger partial charge in [-0.25, -0.2) is 4.39 Å². The molecule has 0 aliphatic carbocycles. The van der Waals surface area contributed by atoms with Gasteiger partial charge in [-0.2, -0.15) is 0 Å². The van der Waals surface area contributed by atoms with Gasteiger partial charge >= 0.3 is 0 Å². The highest BCUT2D eigenvalue weighted by molar-refractivity contribution is 5.88. The van der Waals surface area contributed by atoms with E-state index in [4.69, 9.17) is 4.74 Å². The molecule has 0 aliphatic heterocycles. The predicted octanol–water partition coefficient (Wildman–Crippen LogP) is 5.49. The molecule has 0 saturated heterocycles. The van der Waals surface area contributed by atoms with Gasteiger partial charge in [-0.1, -0.05) is 74.5 Å². The van der Waals surface area contributed by atoms with Crippen molar-refractivity contribution in [2.24, 2.45) is 0 Å². The number of halogens is 1. The molecule has 190 valence electrons. The summed E-state index contributed by atoms with van der Waals surface area (Å²) in [6.45, 7) is 7.83. The molecule has 3 aromatic rings. The summed E-state index contributed by atoms with van der Waals surface area (Å²) < 4.78 is 19.5. The number of rotatable bonds is 11. The summed E-state index contributed by atoms with van der Waals surface area (Å²) in [6.07, 6.45) is 0.342. The highest BCUT2D eigenvalue weighted by atomic mass is 19.1. The first-order chi connectivity index (χ1) is 17.2. The van der Waals surface area contributed by atoms with E-state index in [0.29, 0.717) is 12.2 Å².